The van der Waals surface area contributed by atoms with Gasteiger partial charge in [0.15, 0.2) is 6.10 Å². The summed E-state index contributed by atoms with van der Waals surface area (Å²) in [5.41, 5.74) is 0. The fraction of sp³-hybridized carbons (Fsp3) is 0.762. The third-order valence-electron chi connectivity index (χ3n) is 8.47. The molecule has 0 bridgehead atoms. The number of esters is 2. The van der Waals surface area contributed by atoms with Crippen molar-refractivity contribution in [3.05, 3.63) is 48.6 Å². The molecule has 0 fully saturated rings. The first kappa shape index (κ1) is 50.9. The number of ether oxygens (including phenoxy) is 2. The second kappa shape index (κ2) is 38.2. The van der Waals surface area contributed by atoms with Crippen molar-refractivity contribution in [1.29, 1.82) is 0 Å². The van der Waals surface area contributed by atoms with Crippen LogP contribution in [0.5, 0.6) is 0 Å². The second-order valence-electron chi connectivity index (χ2n) is 13.6. The van der Waals surface area contributed by atoms with Crippen LogP contribution in [0.1, 0.15) is 168 Å². The van der Waals surface area contributed by atoms with Gasteiger partial charge in [0.2, 0.25) is 0 Å². The van der Waals surface area contributed by atoms with Crippen LogP contribution in [0.4, 0.5) is 0 Å². The van der Waals surface area contributed by atoms with Gasteiger partial charge in [-0.3, -0.25) is 18.6 Å². The summed E-state index contributed by atoms with van der Waals surface area (Å²) < 4.78 is 32.6. The van der Waals surface area contributed by atoms with E-state index in [2.05, 4.69) is 67.0 Å². The summed E-state index contributed by atoms with van der Waals surface area (Å²) in [6, 6.07) is 0. The monoisotopic (exact) mass is 771 g/mol. The van der Waals surface area contributed by atoms with Crippen molar-refractivity contribution >= 4 is 19.8 Å². The zero-order chi connectivity index (χ0) is 39.1. The zero-order valence-electron chi connectivity index (χ0n) is 33.2. The highest BCUT2D eigenvalue weighted by atomic mass is 31.2. The number of allylic oxidation sites excluding steroid dienone is 8. The van der Waals surface area contributed by atoms with Crippen LogP contribution in [0.3, 0.4) is 0 Å². The number of rotatable bonds is 38. The van der Waals surface area contributed by atoms with Crippen LogP contribution in [0.25, 0.3) is 0 Å². The second-order valence-corrected chi connectivity index (χ2v) is 15.1. The van der Waals surface area contributed by atoms with Crippen molar-refractivity contribution in [2.24, 2.45) is 0 Å². The molecule has 1 unspecified atom stereocenters. The Hall–Kier alpha value is -2.07. The van der Waals surface area contributed by atoms with E-state index in [0.717, 1.165) is 77.0 Å². The minimum atomic E-state index is -4.62. The van der Waals surface area contributed by atoms with Crippen molar-refractivity contribution in [2.75, 3.05) is 26.4 Å². The molecule has 0 aliphatic heterocycles. The number of hydrogen-bond acceptors (Lipinski definition) is 9. The lowest BCUT2D eigenvalue weighted by molar-refractivity contribution is -0.161. The average Bonchev–Trinajstić information content (AvgIpc) is 3.14. The minimum absolute atomic E-state index is 0.159. The van der Waals surface area contributed by atoms with Gasteiger partial charge in [-0.1, -0.05) is 133 Å². The smallest absolute Gasteiger partial charge is 0.462 e. The van der Waals surface area contributed by atoms with Gasteiger partial charge in [0.05, 0.1) is 19.8 Å². The van der Waals surface area contributed by atoms with E-state index in [-0.39, 0.29) is 19.4 Å². The van der Waals surface area contributed by atoms with E-state index in [4.69, 9.17) is 19.1 Å². The SMILES string of the molecule is CC/C=C/C/C=C/C/C=C/CCCCCCCC(=O)OC[C@H](COP(=O)(O)OC[C@@H](O)CO)OC(=O)CCCCC/C=C/CCCCCCCCCC. The van der Waals surface area contributed by atoms with E-state index >= 15 is 0 Å². The van der Waals surface area contributed by atoms with Crippen molar-refractivity contribution in [3.63, 3.8) is 0 Å². The van der Waals surface area contributed by atoms with Crippen LogP contribution in [0.15, 0.2) is 48.6 Å². The van der Waals surface area contributed by atoms with Gasteiger partial charge in [-0.05, 0) is 70.6 Å². The molecule has 0 radical (unpaired) electrons. The van der Waals surface area contributed by atoms with Gasteiger partial charge >= 0.3 is 19.8 Å². The lowest BCUT2D eigenvalue weighted by Crippen LogP contribution is -2.29. The lowest BCUT2D eigenvalue weighted by Gasteiger charge is -2.20. The maximum Gasteiger partial charge on any atom is 0.472 e. The van der Waals surface area contributed by atoms with Crippen LogP contribution in [-0.2, 0) is 32.7 Å². The zero-order valence-corrected chi connectivity index (χ0v) is 34.1. The summed E-state index contributed by atoms with van der Waals surface area (Å²) in [6.45, 7) is 2.22. The fourth-order valence-electron chi connectivity index (χ4n) is 5.30. The molecular formula is C42H75O10P. The molecule has 0 saturated carbocycles. The molecule has 0 aliphatic carbocycles. The van der Waals surface area contributed by atoms with Crippen LogP contribution >= 0.6 is 7.82 Å². The molecule has 0 aromatic heterocycles. The van der Waals surface area contributed by atoms with Gasteiger partial charge in [0, 0.05) is 12.8 Å². The van der Waals surface area contributed by atoms with E-state index in [9.17, 15) is 24.2 Å². The Kier molecular flexibility index (Phi) is 36.7. The lowest BCUT2D eigenvalue weighted by atomic mass is 10.1. The molecule has 0 amide bonds. The Bertz CT molecular complexity index is 1030. The number of phosphoric acid groups is 1. The average molecular weight is 771 g/mol. The predicted octanol–water partition coefficient (Wildman–Crippen LogP) is 10.6. The van der Waals surface area contributed by atoms with Gasteiger partial charge in [-0.25, -0.2) is 4.57 Å². The van der Waals surface area contributed by atoms with Gasteiger partial charge < -0.3 is 24.6 Å². The summed E-state index contributed by atoms with van der Waals surface area (Å²) in [5, 5.41) is 18.3. The largest absolute Gasteiger partial charge is 0.472 e. The molecule has 0 saturated heterocycles. The molecule has 0 heterocycles. The molecular weight excluding hydrogens is 695 g/mol. The van der Waals surface area contributed by atoms with Gasteiger partial charge in [0.1, 0.15) is 12.7 Å². The molecule has 53 heavy (non-hydrogen) atoms. The van der Waals surface area contributed by atoms with E-state index in [1.54, 1.807) is 0 Å². The van der Waals surface area contributed by atoms with Crippen molar-refractivity contribution < 1.29 is 47.8 Å². The molecule has 0 rings (SSSR count). The Morgan fingerprint density at radius 2 is 1.04 bits per heavy atom. The topological polar surface area (TPSA) is 149 Å². The molecule has 3 N–H and O–H groups in total. The van der Waals surface area contributed by atoms with E-state index < -0.39 is 51.8 Å². The Labute approximate surface area is 322 Å². The third kappa shape index (κ3) is 38.0. The maximum absolute atomic E-state index is 12.6. The highest BCUT2D eigenvalue weighted by molar-refractivity contribution is 7.47. The first-order chi connectivity index (χ1) is 25.7. The van der Waals surface area contributed by atoms with Crippen LogP contribution in [0, 0.1) is 0 Å². The predicted molar refractivity (Wildman–Crippen MR) is 214 cm³/mol. The summed E-state index contributed by atoms with van der Waals surface area (Å²) in [4.78, 5) is 34.9. The number of carbonyl (C=O) groups is 2. The maximum atomic E-state index is 12.6. The molecule has 0 spiro atoms. The Morgan fingerprint density at radius 3 is 1.60 bits per heavy atom. The van der Waals surface area contributed by atoms with Gasteiger partial charge in [0.25, 0.3) is 0 Å². The number of phosphoric ester groups is 1. The summed E-state index contributed by atoms with van der Waals surface area (Å²) >= 11 is 0. The van der Waals surface area contributed by atoms with Crippen LogP contribution in [0.2, 0.25) is 0 Å². The number of carbonyl (C=O) groups excluding carboxylic acids is 2. The molecule has 10 nitrogen and oxygen atoms in total. The Morgan fingerprint density at radius 1 is 0.585 bits per heavy atom. The normalized spacial score (nSPS) is 14.4. The number of aliphatic hydroxyl groups excluding tert-OH is 2. The summed E-state index contributed by atoms with van der Waals surface area (Å²) in [6.07, 6.45) is 39.3. The highest BCUT2D eigenvalue weighted by Crippen LogP contribution is 2.43. The van der Waals surface area contributed by atoms with E-state index in [1.807, 2.05) is 0 Å². The van der Waals surface area contributed by atoms with Crippen molar-refractivity contribution in [1.82, 2.24) is 0 Å². The molecule has 0 aliphatic rings. The Balaban J connectivity index is 4.38. The third-order valence-corrected chi connectivity index (χ3v) is 9.42. The van der Waals surface area contributed by atoms with Crippen LogP contribution in [-0.4, -0.2) is 65.7 Å². The summed E-state index contributed by atoms with van der Waals surface area (Å²) in [7, 11) is -4.62. The first-order valence-corrected chi connectivity index (χ1v) is 22.1. The quantitative estimate of drug-likeness (QED) is 0.0240. The van der Waals surface area contributed by atoms with E-state index in [0.29, 0.717) is 12.8 Å². The first-order valence-electron chi connectivity index (χ1n) is 20.6. The standard InChI is InChI=1S/C42H75O10P/c1-3-5-7-9-11-13-15-17-19-21-23-25-27-29-31-33-41(45)49-37-40(38-51-53(47,48)50-36-39(44)35-43)52-42(46)34-32-30-28-26-24-22-20-18-16-14-12-10-8-6-4-2/h5,7,11,13,17,19,22,24,39-40,43-44H,3-4,6,8-10,12,14-16,18,20-21,23,25-38H2,1-2H3,(H,47,48)/b7-5+,13-11+,19-17+,24-22+/t39-,40+/m0/s1. The van der Waals surface area contributed by atoms with Crippen molar-refractivity contribution in [3.8, 4) is 0 Å². The molecule has 11 heteroatoms. The molecule has 0 aromatic rings. The van der Waals surface area contributed by atoms with Gasteiger partial charge in [-0.2, -0.15) is 0 Å². The van der Waals surface area contributed by atoms with Gasteiger partial charge in [-0.15, -0.1) is 0 Å². The number of aliphatic hydroxyl groups is 2. The molecule has 0 aromatic carbocycles. The van der Waals surface area contributed by atoms with Crippen molar-refractivity contribution in [2.45, 2.75) is 180 Å². The molecule has 308 valence electrons. The minimum Gasteiger partial charge on any atom is -0.462 e. The summed E-state index contributed by atoms with van der Waals surface area (Å²) in [5.74, 6) is -0.965. The number of hydrogen-bond donors (Lipinski definition) is 3. The molecule has 3 atom stereocenters. The number of unbranched alkanes of at least 4 members (excludes halogenated alkanes) is 16. The van der Waals surface area contributed by atoms with E-state index in [1.165, 1.54) is 51.4 Å². The highest BCUT2D eigenvalue weighted by Gasteiger charge is 2.27. The van der Waals surface area contributed by atoms with Crippen LogP contribution < -0.4 is 0 Å². The fourth-order valence-corrected chi connectivity index (χ4v) is 6.08.